The van der Waals surface area contributed by atoms with Crippen LogP contribution in [0, 0.1) is 5.92 Å². The van der Waals surface area contributed by atoms with Crippen molar-refractivity contribution >= 4 is 11.9 Å². The lowest BCUT2D eigenvalue weighted by Crippen LogP contribution is -2.35. The van der Waals surface area contributed by atoms with Crippen LogP contribution >= 0.6 is 0 Å². The molecular weight excluding hydrogens is 246 g/mol. The van der Waals surface area contributed by atoms with E-state index in [1.165, 1.54) is 0 Å². The number of aliphatic hydroxyl groups excluding tert-OH is 1. The van der Waals surface area contributed by atoms with Crippen LogP contribution in [0.25, 0.3) is 0 Å². The van der Waals surface area contributed by atoms with Gasteiger partial charge in [0, 0.05) is 18.6 Å². The molecular formula is C12H21N5O2. The highest BCUT2D eigenvalue weighted by atomic mass is 16.5. The number of nitrogen functional groups attached to an aromatic ring is 1. The number of rotatable bonds is 5. The van der Waals surface area contributed by atoms with E-state index in [2.05, 4.69) is 20.3 Å². The van der Waals surface area contributed by atoms with Crippen LogP contribution in [0.3, 0.4) is 0 Å². The summed E-state index contributed by atoms with van der Waals surface area (Å²) in [6.45, 7) is 2.51. The van der Waals surface area contributed by atoms with Gasteiger partial charge in [0.2, 0.25) is 11.9 Å². The van der Waals surface area contributed by atoms with Gasteiger partial charge in [0.15, 0.2) is 0 Å². The third-order valence-corrected chi connectivity index (χ3v) is 3.36. The monoisotopic (exact) mass is 267 g/mol. The summed E-state index contributed by atoms with van der Waals surface area (Å²) in [5, 5.41) is 12.6. The minimum absolute atomic E-state index is 0.136. The van der Waals surface area contributed by atoms with E-state index < -0.39 is 0 Å². The van der Waals surface area contributed by atoms with Gasteiger partial charge in [-0.15, -0.1) is 0 Å². The van der Waals surface area contributed by atoms with Gasteiger partial charge < -0.3 is 20.9 Å². The average Bonchev–Trinajstić information content (AvgIpc) is 2.39. The Balaban J connectivity index is 2.08. The van der Waals surface area contributed by atoms with Crippen LogP contribution in [-0.4, -0.2) is 39.3 Å². The van der Waals surface area contributed by atoms with Crippen LogP contribution in [0.5, 0.6) is 6.01 Å². The molecule has 0 aliphatic heterocycles. The molecule has 1 saturated carbocycles. The Hall–Kier alpha value is -1.63. The molecule has 1 aliphatic carbocycles. The second-order valence-corrected chi connectivity index (χ2v) is 4.71. The molecule has 106 valence electrons. The van der Waals surface area contributed by atoms with Crippen LogP contribution in [0.15, 0.2) is 0 Å². The first kappa shape index (κ1) is 13.8. The van der Waals surface area contributed by atoms with Crippen molar-refractivity contribution in [2.45, 2.75) is 38.6 Å². The molecule has 7 heteroatoms. The van der Waals surface area contributed by atoms with Gasteiger partial charge in [-0.05, 0) is 19.8 Å². The van der Waals surface area contributed by atoms with E-state index in [1.807, 2.05) is 6.92 Å². The summed E-state index contributed by atoms with van der Waals surface area (Å²) in [6, 6.07) is 0.406. The fourth-order valence-corrected chi connectivity index (χ4v) is 2.41. The molecule has 0 saturated heterocycles. The molecule has 0 spiro atoms. The van der Waals surface area contributed by atoms with Gasteiger partial charge in [0.05, 0.1) is 6.61 Å². The maximum atomic E-state index is 9.39. The third kappa shape index (κ3) is 3.66. The Bertz CT molecular complexity index is 415. The zero-order valence-electron chi connectivity index (χ0n) is 11.2. The van der Waals surface area contributed by atoms with E-state index in [0.717, 1.165) is 25.7 Å². The Morgan fingerprint density at radius 1 is 1.32 bits per heavy atom. The normalized spacial score (nSPS) is 23.1. The van der Waals surface area contributed by atoms with Crippen molar-refractivity contribution in [2.24, 2.45) is 5.92 Å². The Morgan fingerprint density at radius 3 is 2.84 bits per heavy atom. The molecule has 0 bridgehead atoms. The fraction of sp³-hybridized carbons (Fsp3) is 0.750. The first-order valence-electron chi connectivity index (χ1n) is 6.74. The molecule has 2 unspecified atom stereocenters. The van der Waals surface area contributed by atoms with Crippen LogP contribution in [0.1, 0.15) is 32.6 Å². The van der Waals surface area contributed by atoms with Crippen LogP contribution in [0.2, 0.25) is 0 Å². The lowest BCUT2D eigenvalue weighted by atomic mass is 9.85. The molecule has 1 fully saturated rings. The van der Waals surface area contributed by atoms with Crippen LogP contribution < -0.4 is 15.8 Å². The smallest absolute Gasteiger partial charge is 0.323 e. The van der Waals surface area contributed by atoms with E-state index in [1.54, 1.807) is 0 Å². The van der Waals surface area contributed by atoms with Crippen molar-refractivity contribution in [1.82, 2.24) is 15.0 Å². The summed E-state index contributed by atoms with van der Waals surface area (Å²) in [7, 11) is 0. The second kappa shape index (κ2) is 6.51. The molecule has 0 aromatic carbocycles. The second-order valence-electron chi connectivity index (χ2n) is 4.71. The van der Waals surface area contributed by atoms with Gasteiger partial charge in [-0.3, -0.25) is 0 Å². The number of nitrogens with zero attached hydrogens (tertiary/aromatic N) is 3. The summed E-state index contributed by atoms with van der Waals surface area (Å²) in [5.74, 6) is 0.792. The first-order valence-corrected chi connectivity index (χ1v) is 6.74. The van der Waals surface area contributed by atoms with Gasteiger partial charge >= 0.3 is 6.01 Å². The summed E-state index contributed by atoms with van der Waals surface area (Å²) in [6.07, 6.45) is 4.33. The van der Waals surface area contributed by atoms with E-state index in [9.17, 15) is 5.11 Å². The van der Waals surface area contributed by atoms with E-state index in [-0.39, 0.29) is 30.5 Å². The minimum atomic E-state index is 0.136. The quantitative estimate of drug-likeness (QED) is 0.725. The van der Waals surface area contributed by atoms with Gasteiger partial charge in [-0.25, -0.2) is 0 Å². The summed E-state index contributed by atoms with van der Waals surface area (Å²) in [4.78, 5) is 12.1. The molecule has 2 atom stereocenters. The number of aliphatic hydroxyl groups is 1. The van der Waals surface area contributed by atoms with Crippen molar-refractivity contribution < 1.29 is 9.84 Å². The number of anilines is 2. The zero-order valence-corrected chi connectivity index (χ0v) is 11.2. The molecule has 0 radical (unpaired) electrons. The predicted octanol–water partition coefficient (Wildman–Crippen LogP) is 0.815. The average molecular weight is 267 g/mol. The number of nitrogens with one attached hydrogen (secondary N) is 1. The topological polar surface area (TPSA) is 106 Å². The molecule has 1 heterocycles. The first-order chi connectivity index (χ1) is 9.22. The fourth-order valence-electron chi connectivity index (χ4n) is 2.41. The Morgan fingerprint density at radius 2 is 2.11 bits per heavy atom. The van der Waals surface area contributed by atoms with Gasteiger partial charge in [0.1, 0.15) is 0 Å². The van der Waals surface area contributed by atoms with E-state index in [0.29, 0.717) is 12.6 Å². The van der Waals surface area contributed by atoms with Gasteiger partial charge in [-0.1, -0.05) is 12.8 Å². The number of nitrogens with two attached hydrogens (primary N) is 1. The lowest BCUT2D eigenvalue weighted by molar-refractivity contribution is 0.178. The summed E-state index contributed by atoms with van der Waals surface area (Å²) < 4.78 is 5.24. The summed E-state index contributed by atoms with van der Waals surface area (Å²) in [5.41, 5.74) is 5.63. The van der Waals surface area contributed by atoms with E-state index >= 15 is 0 Å². The largest absolute Gasteiger partial charge is 0.464 e. The van der Waals surface area contributed by atoms with Gasteiger partial charge in [0.25, 0.3) is 0 Å². The highest BCUT2D eigenvalue weighted by molar-refractivity contribution is 5.33. The highest BCUT2D eigenvalue weighted by Gasteiger charge is 2.25. The van der Waals surface area contributed by atoms with Crippen molar-refractivity contribution in [1.29, 1.82) is 0 Å². The predicted molar refractivity (Wildman–Crippen MR) is 71.9 cm³/mol. The van der Waals surface area contributed by atoms with Gasteiger partial charge in [-0.2, -0.15) is 15.0 Å². The zero-order chi connectivity index (χ0) is 13.7. The van der Waals surface area contributed by atoms with Crippen molar-refractivity contribution in [3.63, 3.8) is 0 Å². The number of ether oxygens (including phenoxy) is 1. The van der Waals surface area contributed by atoms with Crippen molar-refractivity contribution in [2.75, 3.05) is 24.3 Å². The van der Waals surface area contributed by atoms with Crippen molar-refractivity contribution in [3.05, 3.63) is 0 Å². The molecule has 7 nitrogen and oxygen atoms in total. The Labute approximate surface area is 112 Å². The number of hydrogen-bond donors (Lipinski definition) is 3. The molecule has 2 rings (SSSR count). The number of hydrogen-bond acceptors (Lipinski definition) is 7. The van der Waals surface area contributed by atoms with Crippen LogP contribution in [-0.2, 0) is 0 Å². The Kier molecular flexibility index (Phi) is 4.73. The lowest BCUT2D eigenvalue weighted by Gasteiger charge is -2.30. The molecule has 19 heavy (non-hydrogen) atoms. The number of aromatic nitrogens is 3. The molecule has 4 N–H and O–H groups in total. The third-order valence-electron chi connectivity index (χ3n) is 3.36. The minimum Gasteiger partial charge on any atom is -0.464 e. The van der Waals surface area contributed by atoms with E-state index in [4.69, 9.17) is 10.5 Å². The molecule has 1 aromatic rings. The standard InChI is InChI=1S/C12H21N5O2/c1-2-19-12-16-10(13)15-11(17-12)14-9-6-4-3-5-8(9)7-18/h8-9,18H,2-7H2,1H3,(H3,13,14,15,16,17). The SMILES string of the molecule is CCOc1nc(N)nc(NC2CCCCC2CO)n1. The molecule has 1 aliphatic rings. The highest BCUT2D eigenvalue weighted by Crippen LogP contribution is 2.26. The summed E-state index contributed by atoms with van der Waals surface area (Å²) >= 11 is 0. The maximum Gasteiger partial charge on any atom is 0.323 e. The van der Waals surface area contributed by atoms with Crippen molar-refractivity contribution in [3.8, 4) is 6.01 Å². The van der Waals surface area contributed by atoms with Crippen LogP contribution in [0.4, 0.5) is 11.9 Å². The molecule has 1 aromatic heterocycles. The molecule has 0 amide bonds. The maximum absolute atomic E-state index is 9.39.